The molecule has 32 heavy (non-hydrogen) atoms. The molecule has 1 aliphatic heterocycles. The highest BCUT2D eigenvalue weighted by Crippen LogP contribution is 2.33. The first-order valence-electron chi connectivity index (χ1n) is 10.2. The largest absolute Gasteiger partial charge is 0.495 e. The van der Waals surface area contributed by atoms with Crippen LogP contribution >= 0.6 is 11.6 Å². The van der Waals surface area contributed by atoms with E-state index in [9.17, 15) is 9.90 Å². The molecule has 0 aromatic heterocycles. The quantitative estimate of drug-likeness (QED) is 0.255. The highest BCUT2D eigenvalue weighted by molar-refractivity contribution is 6.32. The molecule has 1 aliphatic rings. The number of nitrogens with one attached hydrogen (secondary N) is 1. The van der Waals surface area contributed by atoms with E-state index in [2.05, 4.69) is 18.5 Å². The first-order valence-corrected chi connectivity index (χ1v) is 10.5. The van der Waals surface area contributed by atoms with Gasteiger partial charge in [0.05, 0.1) is 12.8 Å². The predicted molar refractivity (Wildman–Crippen MR) is 125 cm³/mol. The van der Waals surface area contributed by atoms with Crippen molar-refractivity contribution < 1.29 is 28.8 Å². The first-order chi connectivity index (χ1) is 15.1. The summed E-state index contributed by atoms with van der Waals surface area (Å²) in [5, 5.41) is 14.0. The lowest BCUT2D eigenvalue weighted by atomic mass is 9.89. The van der Waals surface area contributed by atoms with E-state index in [4.69, 9.17) is 30.5 Å². The number of amides is 1. The molecule has 1 amide bonds. The van der Waals surface area contributed by atoms with Gasteiger partial charge in [0.15, 0.2) is 5.72 Å². The fourth-order valence-electron chi connectivity index (χ4n) is 3.73. The highest BCUT2D eigenvalue weighted by atomic mass is 35.5. The molecule has 1 heterocycles. The van der Waals surface area contributed by atoms with Gasteiger partial charge in [-0.15, -0.1) is 0 Å². The van der Waals surface area contributed by atoms with Crippen LogP contribution in [0.1, 0.15) is 20.3 Å². The number of cyclic esters (lactones) is 1. The number of likely N-dealkylation sites (N-methyl/N-ethyl adjacent to an activating group) is 1. The lowest BCUT2D eigenvalue weighted by Gasteiger charge is -2.44. The molecule has 0 aromatic carbocycles. The van der Waals surface area contributed by atoms with E-state index in [0.29, 0.717) is 16.5 Å². The van der Waals surface area contributed by atoms with E-state index in [0.717, 1.165) is 0 Å². The number of nitrogens with zero attached hydrogens (tertiary/aromatic N) is 1. The molecule has 0 aromatic rings. The third-order valence-corrected chi connectivity index (χ3v) is 5.77. The molecule has 2 N–H and O–H groups in total. The van der Waals surface area contributed by atoms with E-state index in [1.165, 1.54) is 14.2 Å². The van der Waals surface area contributed by atoms with Gasteiger partial charge in [-0.2, -0.15) is 0 Å². The summed E-state index contributed by atoms with van der Waals surface area (Å²) < 4.78 is 22.0. The maximum Gasteiger partial charge on any atom is 0.409 e. The molecular formula is C23H35ClN2O6. The van der Waals surface area contributed by atoms with Crippen LogP contribution in [-0.2, 0) is 18.9 Å². The Morgan fingerprint density at radius 1 is 1.38 bits per heavy atom. The monoisotopic (exact) mass is 470 g/mol. The average Bonchev–Trinajstić information content (AvgIpc) is 2.75. The van der Waals surface area contributed by atoms with Crippen LogP contribution in [-0.4, -0.2) is 68.6 Å². The third kappa shape index (κ3) is 6.38. The second-order valence-electron chi connectivity index (χ2n) is 7.33. The van der Waals surface area contributed by atoms with E-state index in [1.54, 1.807) is 56.4 Å². The summed E-state index contributed by atoms with van der Waals surface area (Å²) in [5.74, 6) is 0.106. The van der Waals surface area contributed by atoms with Gasteiger partial charge in [0.2, 0.25) is 0 Å². The number of ether oxygens (including phenoxy) is 4. The van der Waals surface area contributed by atoms with E-state index < -0.39 is 30.3 Å². The molecular weight excluding hydrogens is 436 g/mol. The summed E-state index contributed by atoms with van der Waals surface area (Å²) in [4.78, 5) is 14.1. The van der Waals surface area contributed by atoms with Crippen molar-refractivity contribution in [2.45, 2.75) is 44.4 Å². The van der Waals surface area contributed by atoms with E-state index >= 15 is 0 Å². The minimum Gasteiger partial charge on any atom is -0.495 e. The number of hydrogen-bond acceptors (Lipinski definition) is 7. The standard InChI is InChI=1S/C23H35ClN2O6/c1-9-12-13-19(30-7)23(28)14-18(32-22(27)25-23)15(4)21(31-8)26(5)16(10-2)20(24)17(11-3)29-6/h9-13,15,18-19,21,28H,1-2,14H2,3-8H3,(H,25,27)/b13-12+,17-11+,20-16-/t15-,18?,19-,21+,23+/m1/s1. The fraction of sp³-hybridized carbons (Fsp3) is 0.522. The summed E-state index contributed by atoms with van der Waals surface area (Å²) in [5.41, 5.74) is -1.11. The number of carbonyl (C=O) groups is 1. The van der Waals surface area contributed by atoms with Crippen molar-refractivity contribution in [1.82, 2.24) is 10.2 Å². The van der Waals surface area contributed by atoms with Gasteiger partial charge in [0.1, 0.15) is 29.2 Å². The number of hydrogen-bond donors (Lipinski definition) is 2. The number of aliphatic hydroxyl groups is 1. The third-order valence-electron chi connectivity index (χ3n) is 5.39. The molecule has 0 bridgehead atoms. The summed E-state index contributed by atoms with van der Waals surface area (Å²) in [6.07, 6.45) is 5.37. The topological polar surface area (TPSA) is 89.5 Å². The van der Waals surface area contributed by atoms with Crippen molar-refractivity contribution in [2.75, 3.05) is 28.4 Å². The molecule has 0 saturated carbocycles. The predicted octanol–water partition coefficient (Wildman–Crippen LogP) is 3.66. The van der Waals surface area contributed by atoms with Crippen LogP contribution in [0.15, 0.2) is 60.0 Å². The number of alkyl carbamates (subject to hydrolysis) is 1. The van der Waals surface area contributed by atoms with Crippen LogP contribution in [0.25, 0.3) is 0 Å². The van der Waals surface area contributed by atoms with Crippen LogP contribution in [0, 0.1) is 5.92 Å². The van der Waals surface area contributed by atoms with Crippen LogP contribution < -0.4 is 5.32 Å². The minimum absolute atomic E-state index is 0.0622. The normalized spacial score (nSPS) is 25.2. The smallest absolute Gasteiger partial charge is 0.409 e. The SMILES string of the molecule is C=C/C=C/[C@@H](OC)[C@@]1(O)CC([C@@H](C)[C@H](OC)N(C)/C(C=C)=C(Cl)/C(=C\C)OC)OC(=O)N1. The molecule has 5 atom stereocenters. The summed E-state index contributed by atoms with van der Waals surface area (Å²) in [6, 6.07) is 0. The Hall–Kier alpha value is -2.26. The number of allylic oxidation sites excluding steroid dienone is 5. The number of halogens is 1. The zero-order valence-corrected chi connectivity index (χ0v) is 20.4. The second kappa shape index (κ2) is 12.7. The second-order valence-corrected chi connectivity index (χ2v) is 7.71. The molecule has 1 rings (SSSR count). The minimum atomic E-state index is -1.68. The van der Waals surface area contributed by atoms with Gasteiger partial charge in [-0.3, -0.25) is 5.32 Å². The lowest BCUT2D eigenvalue weighted by molar-refractivity contribution is -0.158. The first kappa shape index (κ1) is 27.8. The van der Waals surface area contributed by atoms with Crippen LogP contribution in [0.5, 0.6) is 0 Å². The van der Waals surface area contributed by atoms with Crippen molar-refractivity contribution in [3.8, 4) is 0 Å². The Balaban J connectivity index is 3.26. The summed E-state index contributed by atoms with van der Waals surface area (Å²) in [7, 11) is 6.29. The number of carbonyl (C=O) groups excluding carboxylic acids is 1. The van der Waals surface area contributed by atoms with Gasteiger partial charge in [-0.1, -0.05) is 49.9 Å². The van der Waals surface area contributed by atoms with Crippen molar-refractivity contribution in [3.05, 3.63) is 60.0 Å². The highest BCUT2D eigenvalue weighted by Gasteiger charge is 2.48. The molecule has 8 nitrogen and oxygen atoms in total. The molecule has 0 spiro atoms. The van der Waals surface area contributed by atoms with Crippen LogP contribution in [0.4, 0.5) is 4.79 Å². The van der Waals surface area contributed by atoms with Crippen molar-refractivity contribution in [2.24, 2.45) is 5.92 Å². The Morgan fingerprint density at radius 2 is 2.03 bits per heavy atom. The van der Waals surface area contributed by atoms with E-state index in [1.807, 2.05) is 6.92 Å². The zero-order chi connectivity index (χ0) is 24.5. The van der Waals surface area contributed by atoms with Gasteiger partial charge >= 0.3 is 6.09 Å². The van der Waals surface area contributed by atoms with Crippen molar-refractivity contribution >= 4 is 17.7 Å². The maximum absolute atomic E-state index is 12.3. The molecule has 0 radical (unpaired) electrons. The van der Waals surface area contributed by atoms with E-state index in [-0.39, 0.29) is 12.3 Å². The number of rotatable bonds is 12. The molecule has 1 fully saturated rings. The molecule has 9 heteroatoms. The Bertz CT molecular complexity index is 766. The summed E-state index contributed by atoms with van der Waals surface area (Å²) >= 11 is 6.53. The Labute approximate surface area is 195 Å². The Kier molecular flexibility index (Phi) is 11.0. The summed E-state index contributed by atoms with van der Waals surface area (Å²) in [6.45, 7) is 11.1. The molecule has 180 valence electrons. The Morgan fingerprint density at radius 3 is 2.50 bits per heavy atom. The average molecular weight is 471 g/mol. The molecule has 1 unspecified atom stereocenters. The zero-order valence-electron chi connectivity index (χ0n) is 19.6. The van der Waals surface area contributed by atoms with Crippen molar-refractivity contribution in [1.29, 1.82) is 0 Å². The van der Waals surface area contributed by atoms with Crippen LogP contribution in [0.3, 0.4) is 0 Å². The molecule has 0 aliphatic carbocycles. The fourth-order valence-corrected chi connectivity index (χ4v) is 4.13. The van der Waals surface area contributed by atoms with Crippen molar-refractivity contribution in [3.63, 3.8) is 0 Å². The van der Waals surface area contributed by atoms with Gasteiger partial charge in [-0.25, -0.2) is 4.79 Å². The maximum atomic E-state index is 12.3. The lowest BCUT2D eigenvalue weighted by Crippen LogP contribution is -2.64. The van der Waals surface area contributed by atoms with Gasteiger partial charge < -0.3 is 29.0 Å². The van der Waals surface area contributed by atoms with Crippen LogP contribution in [0.2, 0.25) is 0 Å². The van der Waals surface area contributed by atoms with Gasteiger partial charge in [0.25, 0.3) is 0 Å². The van der Waals surface area contributed by atoms with Gasteiger partial charge in [0, 0.05) is 33.6 Å². The number of methoxy groups -OCH3 is 3. The van der Waals surface area contributed by atoms with Gasteiger partial charge in [-0.05, 0) is 19.1 Å². The molecule has 1 saturated heterocycles.